The molecule has 0 unspecified atom stereocenters. The van der Waals surface area contributed by atoms with Gasteiger partial charge in [-0.05, 0) is 48.9 Å². The van der Waals surface area contributed by atoms with Gasteiger partial charge in [0.15, 0.2) is 0 Å². The molecule has 2 amide bonds. The van der Waals surface area contributed by atoms with Crippen LogP contribution in [0, 0.1) is 0 Å². The van der Waals surface area contributed by atoms with Crippen LogP contribution in [-0.4, -0.2) is 12.6 Å². The van der Waals surface area contributed by atoms with Crippen LogP contribution in [0.2, 0.25) is 0 Å². The Labute approximate surface area is 138 Å². The predicted molar refractivity (Wildman–Crippen MR) is 92.9 cm³/mol. The standard InChI is InChI=1S/C17H17BrN2O2/c1-2-22-15-9-7-14(8-10-15)20-17(21)19-12-11-13-5-3-4-6-16(13)18/h3-12H,2H2,1H3,(H2,19,20,21)/b12-11+. The molecule has 0 aromatic heterocycles. The second kappa shape index (κ2) is 8.24. The van der Waals surface area contributed by atoms with E-state index in [1.165, 1.54) is 0 Å². The number of carbonyl (C=O) groups is 1. The van der Waals surface area contributed by atoms with Crippen LogP contribution in [0.1, 0.15) is 12.5 Å². The number of rotatable bonds is 5. The van der Waals surface area contributed by atoms with Crippen molar-refractivity contribution in [3.63, 3.8) is 0 Å². The van der Waals surface area contributed by atoms with Crippen molar-refractivity contribution in [1.29, 1.82) is 0 Å². The molecular weight excluding hydrogens is 344 g/mol. The molecular formula is C17H17BrN2O2. The van der Waals surface area contributed by atoms with Gasteiger partial charge in [-0.15, -0.1) is 0 Å². The van der Waals surface area contributed by atoms with Crippen LogP contribution in [0.5, 0.6) is 5.75 Å². The van der Waals surface area contributed by atoms with Crippen molar-refractivity contribution in [3.05, 3.63) is 64.8 Å². The highest BCUT2D eigenvalue weighted by Crippen LogP contribution is 2.17. The van der Waals surface area contributed by atoms with Gasteiger partial charge in [-0.25, -0.2) is 4.79 Å². The summed E-state index contributed by atoms with van der Waals surface area (Å²) in [6.07, 6.45) is 3.42. The number of benzene rings is 2. The molecule has 2 N–H and O–H groups in total. The van der Waals surface area contributed by atoms with Crippen molar-refractivity contribution in [2.24, 2.45) is 0 Å². The Kier molecular flexibility index (Phi) is 6.03. The average molecular weight is 361 g/mol. The Morgan fingerprint density at radius 3 is 2.59 bits per heavy atom. The van der Waals surface area contributed by atoms with Gasteiger partial charge in [-0.3, -0.25) is 0 Å². The van der Waals surface area contributed by atoms with E-state index in [0.29, 0.717) is 12.3 Å². The van der Waals surface area contributed by atoms with Crippen LogP contribution in [-0.2, 0) is 0 Å². The molecule has 4 nitrogen and oxygen atoms in total. The lowest BCUT2D eigenvalue weighted by Crippen LogP contribution is -2.23. The molecule has 0 aliphatic carbocycles. The Bertz CT molecular complexity index is 654. The molecule has 0 aliphatic rings. The van der Waals surface area contributed by atoms with E-state index in [4.69, 9.17) is 4.74 Å². The van der Waals surface area contributed by atoms with E-state index >= 15 is 0 Å². The molecule has 0 heterocycles. The van der Waals surface area contributed by atoms with Crippen LogP contribution in [0.4, 0.5) is 10.5 Å². The summed E-state index contributed by atoms with van der Waals surface area (Å²) in [5, 5.41) is 5.41. The maximum atomic E-state index is 11.8. The normalized spacial score (nSPS) is 10.5. The molecule has 0 saturated carbocycles. The minimum atomic E-state index is -0.299. The van der Waals surface area contributed by atoms with Gasteiger partial charge < -0.3 is 15.4 Å². The molecule has 2 rings (SSSR count). The summed E-state index contributed by atoms with van der Waals surface area (Å²) in [6.45, 7) is 2.55. The van der Waals surface area contributed by atoms with Gasteiger partial charge in [0.1, 0.15) is 5.75 Å². The van der Waals surface area contributed by atoms with Crippen molar-refractivity contribution in [2.75, 3.05) is 11.9 Å². The second-order valence-electron chi connectivity index (χ2n) is 4.41. The number of ether oxygens (including phenoxy) is 1. The number of nitrogens with one attached hydrogen (secondary N) is 2. The van der Waals surface area contributed by atoms with Gasteiger partial charge in [0.05, 0.1) is 6.61 Å². The fourth-order valence-electron chi connectivity index (χ4n) is 1.79. The minimum absolute atomic E-state index is 0.299. The topological polar surface area (TPSA) is 50.4 Å². The molecule has 5 heteroatoms. The van der Waals surface area contributed by atoms with Gasteiger partial charge in [-0.2, -0.15) is 0 Å². The molecule has 0 saturated heterocycles. The largest absolute Gasteiger partial charge is 0.494 e. The molecule has 2 aromatic rings. The van der Waals surface area contributed by atoms with Crippen LogP contribution >= 0.6 is 15.9 Å². The zero-order valence-electron chi connectivity index (χ0n) is 12.2. The van der Waals surface area contributed by atoms with Crippen molar-refractivity contribution >= 4 is 33.7 Å². The van der Waals surface area contributed by atoms with E-state index in [-0.39, 0.29) is 6.03 Å². The zero-order chi connectivity index (χ0) is 15.8. The third-order valence-electron chi connectivity index (χ3n) is 2.81. The van der Waals surface area contributed by atoms with Gasteiger partial charge in [0.25, 0.3) is 0 Å². The Morgan fingerprint density at radius 1 is 1.18 bits per heavy atom. The summed E-state index contributed by atoms with van der Waals surface area (Å²) in [4.78, 5) is 11.8. The van der Waals surface area contributed by atoms with E-state index < -0.39 is 0 Å². The zero-order valence-corrected chi connectivity index (χ0v) is 13.8. The third kappa shape index (κ3) is 4.93. The summed E-state index contributed by atoms with van der Waals surface area (Å²) in [5.74, 6) is 0.780. The Hall–Kier alpha value is -2.27. The van der Waals surface area contributed by atoms with Crippen molar-refractivity contribution in [3.8, 4) is 5.75 Å². The average Bonchev–Trinajstić information content (AvgIpc) is 2.51. The number of halogens is 1. The smallest absolute Gasteiger partial charge is 0.323 e. The van der Waals surface area contributed by atoms with E-state index in [1.807, 2.05) is 49.4 Å². The van der Waals surface area contributed by atoms with Gasteiger partial charge in [0.2, 0.25) is 0 Å². The molecule has 22 heavy (non-hydrogen) atoms. The molecule has 0 atom stereocenters. The summed E-state index contributed by atoms with van der Waals surface area (Å²) < 4.78 is 6.32. The highest BCUT2D eigenvalue weighted by molar-refractivity contribution is 9.10. The monoisotopic (exact) mass is 360 g/mol. The maximum absolute atomic E-state index is 11.8. The van der Waals surface area contributed by atoms with E-state index in [1.54, 1.807) is 18.3 Å². The van der Waals surface area contributed by atoms with Gasteiger partial charge >= 0.3 is 6.03 Å². The van der Waals surface area contributed by atoms with Crippen LogP contribution in [0.25, 0.3) is 6.08 Å². The number of amides is 2. The Balaban J connectivity index is 1.86. The second-order valence-corrected chi connectivity index (χ2v) is 5.27. The predicted octanol–water partition coefficient (Wildman–Crippen LogP) is 4.64. The van der Waals surface area contributed by atoms with E-state index in [0.717, 1.165) is 15.8 Å². The molecule has 0 spiro atoms. The molecule has 0 bridgehead atoms. The van der Waals surface area contributed by atoms with Crippen LogP contribution in [0.15, 0.2) is 59.2 Å². The molecule has 0 aliphatic heterocycles. The number of anilines is 1. The minimum Gasteiger partial charge on any atom is -0.494 e. The van der Waals surface area contributed by atoms with E-state index in [9.17, 15) is 4.79 Å². The fourth-order valence-corrected chi connectivity index (χ4v) is 2.20. The summed E-state index contributed by atoms with van der Waals surface area (Å²) in [5.41, 5.74) is 1.69. The summed E-state index contributed by atoms with van der Waals surface area (Å²) in [7, 11) is 0. The molecule has 0 radical (unpaired) electrons. The van der Waals surface area contributed by atoms with Gasteiger partial charge in [-0.1, -0.05) is 34.1 Å². The lowest BCUT2D eigenvalue weighted by Gasteiger charge is -2.06. The number of carbonyl (C=O) groups excluding carboxylic acids is 1. The SMILES string of the molecule is CCOc1ccc(NC(=O)N/C=C/c2ccccc2Br)cc1. The summed E-state index contributed by atoms with van der Waals surface area (Å²) in [6, 6.07) is 14.7. The first kappa shape index (κ1) is 16.1. The third-order valence-corrected chi connectivity index (χ3v) is 3.53. The molecule has 114 valence electrons. The first-order valence-electron chi connectivity index (χ1n) is 6.90. The number of hydrogen-bond donors (Lipinski definition) is 2. The van der Waals surface area contributed by atoms with Crippen molar-refractivity contribution in [1.82, 2.24) is 5.32 Å². The first-order valence-corrected chi connectivity index (χ1v) is 7.70. The lowest BCUT2D eigenvalue weighted by molar-refractivity contribution is 0.255. The lowest BCUT2D eigenvalue weighted by atomic mass is 10.2. The van der Waals surface area contributed by atoms with Crippen molar-refractivity contribution < 1.29 is 9.53 Å². The van der Waals surface area contributed by atoms with Gasteiger partial charge in [0, 0.05) is 16.4 Å². The van der Waals surface area contributed by atoms with Crippen LogP contribution in [0.3, 0.4) is 0 Å². The molecule has 0 fully saturated rings. The Morgan fingerprint density at radius 2 is 1.91 bits per heavy atom. The maximum Gasteiger partial charge on any atom is 0.323 e. The molecule has 2 aromatic carbocycles. The number of hydrogen-bond acceptors (Lipinski definition) is 2. The van der Waals surface area contributed by atoms with E-state index in [2.05, 4.69) is 26.6 Å². The fraction of sp³-hybridized carbons (Fsp3) is 0.118. The van der Waals surface area contributed by atoms with Crippen LogP contribution < -0.4 is 15.4 Å². The van der Waals surface area contributed by atoms with Crippen molar-refractivity contribution in [2.45, 2.75) is 6.92 Å². The number of urea groups is 1. The quantitative estimate of drug-likeness (QED) is 0.815. The highest BCUT2D eigenvalue weighted by atomic mass is 79.9. The highest BCUT2D eigenvalue weighted by Gasteiger charge is 2.00. The first-order chi connectivity index (χ1) is 10.7. The summed E-state index contributed by atoms with van der Waals surface area (Å²) >= 11 is 3.45.